The second kappa shape index (κ2) is 5.10. The standard InChI is InChI=1S/C11H20O3/c12-11(6-9-3-5-14-7-9)10-2-1-4-13-8-10/h9-12H,1-8H2. The molecule has 82 valence electrons. The molecule has 2 aliphatic rings. The van der Waals surface area contributed by atoms with E-state index in [-0.39, 0.29) is 6.10 Å². The van der Waals surface area contributed by atoms with Crippen molar-refractivity contribution in [3.05, 3.63) is 0 Å². The summed E-state index contributed by atoms with van der Waals surface area (Å²) < 4.78 is 10.7. The average Bonchev–Trinajstić information content (AvgIpc) is 2.72. The molecule has 2 saturated heterocycles. The summed E-state index contributed by atoms with van der Waals surface area (Å²) in [5, 5.41) is 10.00. The lowest BCUT2D eigenvalue weighted by Crippen LogP contribution is -2.30. The number of rotatable bonds is 3. The first-order valence-electron chi connectivity index (χ1n) is 5.70. The van der Waals surface area contributed by atoms with Gasteiger partial charge in [-0.15, -0.1) is 0 Å². The summed E-state index contributed by atoms with van der Waals surface area (Å²) >= 11 is 0. The number of ether oxygens (including phenoxy) is 2. The van der Waals surface area contributed by atoms with Gasteiger partial charge in [-0.05, 0) is 31.6 Å². The van der Waals surface area contributed by atoms with Crippen LogP contribution in [-0.2, 0) is 9.47 Å². The van der Waals surface area contributed by atoms with E-state index in [1.807, 2.05) is 0 Å². The summed E-state index contributed by atoms with van der Waals surface area (Å²) in [6.07, 6.45) is 4.05. The van der Waals surface area contributed by atoms with Gasteiger partial charge in [0.05, 0.1) is 12.7 Å². The van der Waals surface area contributed by atoms with Gasteiger partial charge in [0.25, 0.3) is 0 Å². The Morgan fingerprint density at radius 3 is 2.64 bits per heavy atom. The van der Waals surface area contributed by atoms with E-state index in [0.29, 0.717) is 11.8 Å². The summed E-state index contributed by atoms with van der Waals surface area (Å²) in [5.74, 6) is 0.941. The van der Waals surface area contributed by atoms with Gasteiger partial charge in [-0.3, -0.25) is 0 Å². The minimum absolute atomic E-state index is 0.179. The third-order valence-corrected chi connectivity index (χ3v) is 3.34. The highest BCUT2D eigenvalue weighted by Gasteiger charge is 2.26. The SMILES string of the molecule is OC(CC1CCOC1)C1CCCOC1. The number of hydrogen-bond acceptors (Lipinski definition) is 3. The van der Waals surface area contributed by atoms with Gasteiger partial charge < -0.3 is 14.6 Å². The predicted octanol–water partition coefficient (Wildman–Crippen LogP) is 1.20. The van der Waals surface area contributed by atoms with Crippen LogP contribution in [0.5, 0.6) is 0 Å². The number of aliphatic hydroxyl groups excluding tert-OH is 1. The van der Waals surface area contributed by atoms with Crippen LogP contribution in [0, 0.1) is 11.8 Å². The van der Waals surface area contributed by atoms with Crippen LogP contribution < -0.4 is 0 Å². The first-order valence-corrected chi connectivity index (χ1v) is 5.70. The van der Waals surface area contributed by atoms with Crippen LogP contribution in [0.25, 0.3) is 0 Å². The largest absolute Gasteiger partial charge is 0.393 e. The second-order valence-electron chi connectivity index (χ2n) is 4.51. The Hall–Kier alpha value is -0.120. The molecular weight excluding hydrogens is 180 g/mol. The molecule has 0 aromatic heterocycles. The quantitative estimate of drug-likeness (QED) is 0.744. The van der Waals surface area contributed by atoms with Crippen LogP contribution >= 0.6 is 0 Å². The molecule has 0 bridgehead atoms. The summed E-state index contributed by atoms with van der Waals surface area (Å²) in [6, 6.07) is 0. The topological polar surface area (TPSA) is 38.7 Å². The van der Waals surface area contributed by atoms with E-state index in [4.69, 9.17) is 9.47 Å². The van der Waals surface area contributed by atoms with E-state index in [1.54, 1.807) is 0 Å². The van der Waals surface area contributed by atoms with Crippen molar-refractivity contribution < 1.29 is 14.6 Å². The van der Waals surface area contributed by atoms with Gasteiger partial charge in [0.15, 0.2) is 0 Å². The lowest BCUT2D eigenvalue weighted by molar-refractivity contribution is -0.0180. The first kappa shape index (κ1) is 10.4. The molecular formula is C11H20O3. The van der Waals surface area contributed by atoms with Gasteiger partial charge in [-0.2, -0.15) is 0 Å². The van der Waals surface area contributed by atoms with Crippen LogP contribution in [0.1, 0.15) is 25.7 Å². The molecule has 0 spiro atoms. The lowest BCUT2D eigenvalue weighted by atomic mass is 9.89. The van der Waals surface area contributed by atoms with Crippen molar-refractivity contribution >= 4 is 0 Å². The van der Waals surface area contributed by atoms with Gasteiger partial charge in [-0.1, -0.05) is 0 Å². The molecule has 1 N–H and O–H groups in total. The van der Waals surface area contributed by atoms with E-state index in [0.717, 1.165) is 52.1 Å². The fraction of sp³-hybridized carbons (Fsp3) is 1.00. The zero-order chi connectivity index (χ0) is 9.80. The van der Waals surface area contributed by atoms with Crippen molar-refractivity contribution in [1.29, 1.82) is 0 Å². The Kier molecular flexibility index (Phi) is 3.79. The Morgan fingerprint density at radius 1 is 1.14 bits per heavy atom. The summed E-state index contributed by atoms with van der Waals surface area (Å²) in [6.45, 7) is 3.33. The molecule has 3 atom stereocenters. The Morgan fingerprint density at radius 2 is 2.00 bits per heavy atom. The van der Waals surface area contributed by atoms with Crippen LogP contribution in [0.2, 0.25) is 0 Å². The van der Waals surface area contributed by atoms with E-state index in [2.05, 4.69) is 0 Å². The zero-order valence-electron chi connectivity index (χ0n) is 8.65. The Bertz CT molecular complexity index is 160. The van der Waals surface area contributed by atoms with Crippen molar-refractivity contribution in [2.24, 2.45) is 11.8 Å². The van der Waals surface area contributed by atoms with E-state index in [1.165, 1.54) is 0 Å². The summed E-state index contributed by atoms with van der Waals surface area (Å²) in [5.41, 5.74) is 0. The zero-order valence-corrected chi connectivity index (χ0v) is 8.65. The van der Waals surface area contributed by atoms with Gasteiger partial charge >= 0.3 is 0 Å². The molecule has 3 heteroatoms. The van der Waals surface area contributed by atoms with Crippen molar-refractivity contribution in [3.8, 4) is 0 Å². The molecule has 14 heavy (non-hydrogen) atoms. The van der Waals surface area contributed by atoms with Gasteiger partial charge in [0.1, 0.15) is 0 Å². The molecule has 2 heterocycles. The van der Waals surface area contributed by atoms with E-state index >= 15 is 0 Å². The smallest absolute Gasteiger partial charge is 0.0593 e. The summed E-state index contributed by atoms with van der Waals surface area (Å²) in [7, 11) is 0. The predicted molar refractivity (Wildman–Crippen MR) is 53.1 cm³/mol. The van der Waals surface area contributed by atoms with Gasteiger partial charge in [0.2, 0.25) is 0 Å². The fourth-order valence-corrected chi connectivity index (χ4v) is 2.37. The molecule has 3 unspecified atom stereocenters. The first-order chi connectivity index (χ1) is 6.86. The van der Waals surface area contributed by atoms with Crippen molar-refractivity contribution in [1.82, 2.24) is 0 Å². The fourth-order valence-electron chi connectivity index (χ4n) is 2.37. The van der Waals surface area contributed by atoms with Gasteiger partial charge in [-0.25, -0.2) is 0 Å². The van der Waals surface area contributed by atoms with Crippen LogP contribution in [-0.4, -0.2) is 37.6 Å². The van der Waals surface area contributed by atoms with Crippen molar-refractivity contribution in [2.45, 2.75) is 31.8 Å². The Labute approximate surface area is 85.4 Å². The lowest BCUT2D eigenvalue weighted by Gasteiger charge is -2.27. The molecule has 3 nitrogen and oxygen atoms in total. The second-order valence-corrected chi connectivity index (χ2v) is 4.51. The Balaban J connectivity index is 1.72. The highest BCUT2D eigenvalue weighted by atomic mass is 16.5. The van der Waals surface area contributed by atoms with Crippen molar-refractivity contribution in [3.63, 3.8) is 0 Å². The molecule has 0 saturated carbocycles. The maximum atomic E-state index is 10.00. The minimum Gasteiger partial charge on any atom is -0.393 e. The molecule has 0 aliphatic carbocycles. The van der Waals surface area contributed by atoms with Crippen molar-refractivity contribution in [2.75, 3.05) is 26.4 Å². The molecule has 2 rings (SSSR count). The third-order valence-electron chi connectivity index (χ3n) is 3.34. The molecule has 0 amide bonds. The molecule has 0 aromatic carbocycles. The molecule has 0 aromatic rings. The molecule has 0 radical (unpaired) electrons. The molecule has 2 fully saturated rings. The number of hydrogen-bond donors (Lipinski definition) is 1. The van der Waals surface area contributed by atoms with E-state index in [9.17, 15) is 5.11 Å². The highest BCUT2D eigenvalue weighted by Crippen LogP contribution is 2.25. The van der Waals surface area contributed by atoms with Gasteiger partial charge in [0, 0.05) is 25.7 Å². The van der Waals surface area contributed by atoms with E-state index < -0.39 is 0 Å². The number of aliphatic hydroxyl groups is 1. The third kappa shape index (κ3) is 2.69. The minimum atomic E-state index is -0.179. The maximum Gasteiger partial charge on any atom is 0.0593 e. The normalized spacial score (nSPS) is 35.8. The van der Waals surface area contributed by atoms with Crippen LogP contribution in [0.4, 0.5) is 0 Å². The molecule has 2 aliphatic heterocycles. The highest BCUT2D eigenvalue weighted by molar-refractivity contribution is 4.76. The maximum absolute atomic E-state index is 10.00. The van der Waals surface area contributed by atoms with Crippen LogP contribution in [0.3, 0.4) is 0 Å². The monoisotopic (exact) mass is 200 g/mol. The summed E-state index contributed by atoms with van der Waals surface area (Å²) in [4.78, 5) is 0. The average molecular weight is 200 g/mol. The van der Waals surface area contributed by atoms with Crippen LogP contribution in [0.15, 0.2) is 0 Å².